The summed E-state index contributed by atoms with van der Waals surface area (Å²) in [6.45, 7) is 4.20. The summed E-state index contributed by atoms with van der Waals surface area (Å²) in [5.74, 6) is 3.02. The van der Waals surface area contributed by atoms with Gasteiger partial charge in [-0.15, -0.1) is 0 Å². The van der Waals surface area contributed by atoms with Crippen LogP contribution in [0.25, 0.3) is 10.8 Å². The van der Waals surface area contributed by atoms with E-state index < -0.39 is 0 Å². The summed E-state index contributed by atoms with van der Waals surface area (Å²) in [6, 6.07) is 10.5. The van der Waals surface area contributed by atoms with Crippen LogP contribution in [0.5, 0.6) is 0 Å². The molecule has 2 aromatic rings. The Kier molecular flexibility index (Phi) is 7.64. The molecule has 4 rings (SSSR count). The van der Waals surface area contributed by atoms with Crippen molar-refractivity contribution in [2.75, 3.05) is 0 Å². The fraction of sp³-hybridized carbons (Fsp3) is 0.533. The summed E-state index contributed by atoms with van der Waals surface area (Å²) >= 11 is 0. The highest BCUT2D eigenvalue weighted by Gasteiger charge is 2.31. The van der Waals surface area contributed by atoms with Crippen molar-refractivity contribution in [2.24, 2.45) is 17.8 Å². The number of hydrogen-bond acceptors (Lipinski definition) is 0. The van der Waals surface area contributed by atoms with Crippen LogP contribution in [0.4, 0.5) is 4.39 Å². The third-order valence-corrected chi connectivity index (χ3v) is 8.04. The molecule has 0 saturated heterocycles. The second-order valence-electron chi connectivity index (χ2n) is 9.94. The predicted molar refractivity (Wildman–Crippen MR) is 132 cm³/mol. The van der Waals surface area contributed by atoms with Gasteiger partial charge in [0.15, 0.2) is 0 Å². The van der Waals surface area contributed by atoms with E-state index in [2.05, 4.69) is 62.4 Å². The molecule has 0 N–H and O–H groups in total. The van der Waals surface area contributed by atoms with Crippen LogP contribution in [0.2, 0.25) is 0 Å². The molecule has 2 aromatic carbocycles. The molecule has 0 radical (unpaired) electrons. The van der Waals surface area contributed by atoms with E-state index in [1.54, 1.807) is 0 Å². The molecule has 31 heavy (non-hydrogen) atoms. The van der Waals surface area contributed by atoms with Gasteiger partial charge in [-0.3, -0.25) is 0 Å². The largest absolute Gasteiger partial charge is 0.206 e. The molecule has 2 aliphatic carbocycles. The molecule has 1 heteroatoms. The summed E-state index contributed by atoms with van der Waals surface area (Å²) in [6.07, 6.45) is 21.4. The summed E-state index contributed by atoms with van der Waals surface area (Å²) < 4.78 is 15.4. The summed E-state index contributed by atoms with van der Waals surface area (Å²) in [7, 11) is 0. The van der Waals surface area contributed by atoms with Gasteiger partial charge < -0.3 is 0 Å². The maximum atomic E-state index is 15.4. The van der Waals surface area contributed by atoms with E-state index in [0.717, 1.165) is 59.8 Å². The van der Waals surface area contributed by atoms with Crippen LogP contribution in [0.3, 0.4) is 0 Å². The van der Waals surface area contributed by atoms with E-state index in [1.807, 2.05) is 6.07 Å². The summed E-state index contributed by atoms with van der Waals surface area (Å²) in [4.78, 5) is 0. The van der Waals surface area contributed by atoms with Gasteiger partial charge in [-0.25, -0.2) is 4.39 Å². The molecule has 2 fully saturated rings. The SMILES string of the molecule is C/C=C/CCc1ccc2c(F)c(C3CCC(C4CCC(/C=C/C)CC4)CC3)ccc2c1. The van der Waals surface area contributed by atoms with Gasteiger partial charge in [-0.05, 0) is 118 Å². The Bertz CT molecular complexity index is 905. The Labute approximate surface area is 188 Å². The molecule has 2 saturated carbocycles. The van der Waals surface area contributed by atoms with E-state index in [9.17, 15) is 0 Å². The predicted octanol–water partition coefficient (Wildman–Crippen LogP) is 9.14. The Balaban J connectivity index is 1.38. The number of rotatable bonds is 6. The van der Waals surface area contributed by atoms with Crippen LogP contribution in [0.15, 0.2) is 54.6 Å². The zero-order chi connectivity index (χ0) is 21.6. The first-order chi connectivity index (χ1) is 15.2. The normalized spacial score (nSPS) is 27.5. The van der Waals surface area contributed by atoms with E-state index in [0.29, 0.717) is 5.92 Å². The van der Waals surface area contributed by atoms with E-state index >= 15 is 4.39 Å². The molecular weight excluding hydrogens is 379 g/mol. The van der Waals surface area contributed by atoms with Gasteiger partial charge in [0.25, 0.3) is 0 Å². The van der Waals surface area contributed by atoms with Crippen LogP contribution < -0.4 is 0 Å². The number of aryl methyl sites for hydroxylation is 1. The number of benzene rings is 2. The smallest absolute Gasteiger partial charge is 0.134 e. The molecule has 0 spiro atoms. The maximum absolute atomic E-state index is 15.4. The van der Waals surface area contributed by atoms with Crippen molar-refractivity contribution >= 4 is 10.8 Å². The zero-order valence-corrected chi connectivity index (χ0v) is 19.5. The minimum absolute atomic E-state index is 0.0350. The minimum Gasteiger partial charge on any atom is -0.206 e. The molecule has 0 unspecified atom stereocenters. The Morgan fingerprint density at radius 1 is 0.839 bits per heavy atom. The molecule has 0 nitrogen and oxygen atoms in total. The van der Waals surface area contributed by atoms with Gasteiger partial charge in [-0.1, -0.05) is 54.6 Å². The molecule has 0 aliphatic heterocycles. The van der Waals surface area contributed by atoms with Gasteiger partial charge in [-0.2, -0.15) is 0 Å². The van der Waals surface area contributed by atoms with Crippen LogP contribution in [0, 0.1) is 23.6 Å². The lowest BCUT2D eigenvalue weighted by Gasteiger charge is -2.37. The average Bonchev–Trinajstić information content (AvgIpc) is 2.80. The lowest BCUT2D eigenvalue weighted by molar-refractivity contribution is 0.171. The van der Waals surface area contributed by atoms with Crippen LogP contribution in [0.1, 0.15) is 88.7 Å². The third kappa shape index (κ3) is 5.30. The zero-order valence-electron chi connectivity index (χ0n) is 19.5. The average molecular weight is 419 g/mol. The van der Waals surface area contributed by atoms with Crippen LogP contribution in [-0.4, -0.2) is 0 Å². The third-order valence-electron chi connectivity index (χ3n) is 8.04. The monoisotopic (exact) mass is 418 g/mol. The first-order valence-electron chi connectivity index (χ1n) is 12.6. The second kappa shape index (κ2) is 10.6. The van der Waals surface area contributed by atoms with Crippen molar-refractivity contribution < 1.29 is 4.39 Å². The van der Waals surface area contributed by atoms with Gasteiger partial charge >= 0.3 is 0 Å². The highest BCUT2D eigenvalue weighted by atomic mass is 19.1. The Hall–Kier alpha value is -1.89. The van der Waals surface area contributed by atoms with Gasteiger partial charge in [0, 0.05) is 5.39 Å². The van der Waals surface area contributed by atoms with Crippen molar-refractivity contribution in [3.8, 4) is 0 Å². The van der Waals surface area contributed by atoms with Crippen molar-refractivity contribution in [2.45, 2.75) is 84.0 Å². The van der Waals surface area contributed by atoms with Crippen molar-refractivity contribution in [3.05, 3.63) is 71.6 Å². The summed E-state index contributed by atoms with van der Waals surface area (Å²) in [5, 5.41) is 1.85. The first-order valence-corrected chi connectivity index (χ1v) is 12.6. The first kappa shape index (κ1) is 22.3. The minimum atomic E-state index is 0.0350. The maximum Gasteiger partial charge on any atom is 0.134 e. The standard InChI is InChI=1S/C30H39F/c1-3-5-6-8-23-11-19-29-27(21-23)18-20-28(30(29)31)26-16-14-25(15-17-26)24-12-9-22(7-4-2)10-13-24/h3-5,7,11,18-22,24-26H,6,8-10,12-17H2,1-2H3/b5-3+,7-4+. The fourth-order valence-electron chi connectivity index (χ4n) is 6.23. The quantitative estimate of drug-likeness (QED) is 0.410. The highest BCUT2D eigenvalue weighted by Crippen LogP contribution is 2.45. The van der Waals surface area contributed by atoms with Crippen molar-refractivity contribution in [1.29, 1.82) is 0 Å². The Morgan fingerprint density at radius 2 is 1.55 bits per heavy atom. The number of halogens is 1. The van der Waals surface area contributed by atoms with Crippen molar-refractivity contribution in [1.82, 2.24) is 0 Å². The lowest BCUT2D eigenvalue weighted by Crippen LogP contribution is -2.25. The number of hydrogen-bond donors (Lipinski definition) is 0. The van der Waals surface area contributed by atoms with Crippen molar-refractivity contribution in [3.63, 3.8) is 0 Å². The van der Waals surface area contributed by atoms with Gasteiger partial charge in [0.2, 0.25) is 0 Å². The molecule has 0 atom stereocenters. The van der Waals surface area contributed by atoms with Crippen LogP contribution in [-0.2, 0) is 6.42 Å². The highest BCUT2D eigenvalue weighted by molar-refractivity contribution is 5.84. The van der Waals surface area contributed by atoms with Gasteiger partial charge in [0.05, 0.1) is 0 Å². The molecular formula is C30H39F. The van der Waals surface area contributed by atoms with E-state index in [1.165, 1.54) is 44.1 Å². The molecule has 166 valence electrons. The second-order valence-corrected chi connectivity index (χ2v) is 9.94. The topological polar surface area (TPSA) is 0 Å². The number of fused-ring (bicyclic) bond motifs is 1. The van der Waals surface area contributed by atoms with E-state index in [4.69, 9.17) is 0 Å². The molecule has 0 amide bonds. The van der Waals surface area contributed by atoms with Crippen LogP contribution >= 0.6 is 0 Å². The van der Waals surface area contributed by atoms with E-state index in [-0.39, 0.29) is 5.82 Å². The molecule has 2 aliphatic rings. The molecule has 0 aromatic heterocycles. The number of allylic oxidation sites excluding steroid dienone is 4. The molecule has 0 heterocycles. The lowest BCUT2D eigenvalue weighted by atomic mass is 9.68. The van der Waals surface area contributed by atoms with Gasteiger partial charge in [0.1, 0.15) is 5.82 Å². The fourth-order valence-corrected chi connectivity index (χ4v) is 6.23. The Morgan fingerprint density at radius 3 is 2.23 bits per heavy atom. The summed E-state index contributed by atoms with van der Waals surface area (Å²) in [5.41, 5.74) is 2.26. The molecule has 0 bridgehead atoms.